The maximum atomic E-state index is 12.4. The molecule has 0 bridgehead atoms. The lowest BCUT2D eigenvalue weighted by atomic mass is 9.75. The summed E-state index contributed by atoms with van der Waals surface area (Å²) in [6, 6.07) is 5.55. The second-order valence-corrected chi connectivity index (χ2v) is 8.93. The highest BCUT2D eigenvalue weighted by Crippen LogP contribution is 2.52. The average Bonchev–Trinajstić information content (AvgIpc) is 2.92. The first-order valence-electron chi connectivity index (χ1n) is 8.46. The lowest BCUT2D eigenvalue weighted by molar-refractivity contribution is -0.146. The fourth-order valence-electron chi connectivity index (χ4n) is 3.79. The van der Waals surface area contributed by atoms with E-state index >= 15 is 0 Å². The highest BCUT2D eigenvalue weighted by Gasteiger charge is 2.55. The van der Waals surface area contributed by atoms with Gasteiger partial charge in [-0.25, -0.2) is 4.79 Å². The number of hydrogen-bond donors (Lipinski definition) is 0. The molecule has 1 saturated heterocycles. The first kappa shape index (κ1) is 18.2. The van der Waals surface area contributed by atoms with Crippen molar-refractivity contribution in [3.63, 3.8) is 0 Å². The van der Waals surface area contributed by atoms with E-state index in [1.54, 1.807) is 6.07 Å². The molecule has 0 unspecified atom stereocenters. The second-order valence-electron chi connectivity index (χ2n) is 8.08. The Bertz CT molecular complexity index is 747. The van der Waals surface area contributed by atoms with Gasteiger partial charge in [0.2, 0.25) is 0 Å². The van der Waals surface area contributed by atoms with E-state index < -0.39 is 11.0 Å². The molecule has 1 saturated carbocycles. The molecule has 0 N–H and O–H groups in total. The smallest absolute Gasteiger partial charge is 0.339 e. The normalized spacial score (nSPS) is 25.7. The van der Waals surface area contributed by atoms with Crippen LogP contribution in [0.4, 0.5) is 0 Å². The number of carbonyl (C=O) groups is 2. The van der Waals surface area contributed by atoms with Gasteiger partial charge in [0.15, 0.2) is 0 Å². The van der Waals surface area contributed by atoms with Crippen molar-refractivity contribution in [2.24, 2.45) is 11.3 Å². The van der Waals surface area contributed by atoms with E-state index in [2.05, 4.69) is 22.5 Å². The van der Waals surface area contributed by atoms with Crippen molar-refractivity contribution in [2.75, 3.05) is 6.61 Å². The second kappa shape index (κ2) is 6.27. The zero-order valence-electron chi connectivity index (χ0n) is 14.9. The van der Waals surface area contributed by atoms with Gasteiger partial charge in [0.1, 0.15) is 5.60 Å². The van der Waals surface area contributed by atoms with Gasteiger partial charge in [0.25, 0.3) is 0 Å². The Morgan fingerprint density at radius 1 is 1.44 bits per heavy atom. The zero-order valence-corrected chi connectivity index (χ0v) is 16.4. The van der Waals surface area contributed by atoms with Gasteiger partial charge in [-0.2, -0.15) is 0 Å². The maximum Gasteiger partial charge on any atom is 0.339 e. The van der Waals surface area contributed by atoms with Gasteiger partial charge in [-0.1, -0.05) is 18.2 Å². The van der Waals surface area contributed by atoms with Crippen molar-refractivity contribution in [3.8, 4) is 0 Å². The van der Waals surface area contributed by atoms with E-state index in [1.165, 1.54) is 0 Å². The summed E-state index contributed by atoms with van der Waals surface area (Å²) >= 11 is 3.47. The van der Waals surface area contributed by atoms with Crippen molar-refractivity contribution >= 4 is 27.9 Å². The van der Waals surface area contributed by atoms with E-state index in [0.29, 0.717) is 29.5 Å². The summed E-state index contributed by atoms with van der Waals surface area (Å²) < 4.78 is 11.4. The largest absolute Gasteiger partial charge is 0.465 e. The number of esters is 2. The fourth-order valence-corrected chi connectivity index (χ4v) is 4.38. The van der Waals surface area contributed by atoms with Crippen LogP contribution in [0.2, 0.25) is 0 Å². The predicted molar refractivity (Wildman–Crippen MR) is 98.3 cm³/mol. The van der Waals surface area contributed by atoms with Crippen LogP contribution >= 0.6 is 15.9 Å². The lowest BCUT2D eigenvalue weighted by Gasteiger charge is -2.24. The monoisotopic (exact) mass is 406 g/mol. The van der Waals surface area contributed by atoms with Crippen LogP contribution in [0.3, 0.4) is 0 Å². The van der Waals surface area contributed by atoms with Crippen molar-refractivity contribution < 1.29 is 19.1 Å². The third-order valence-corrected chi connectivity index (χ3v) is 5.53. The molecule has 134 valence electrons. The quantitative estimate of drug-likeness (QED) is 0.549. The summed E-state index contributed by atoms with van der Waals surface area (Å²) in [5.41, 5.74) is 1.56. The van der Waals surface area contributed by atoms with Crippen molar-refractivity contribution in [3.05, 3.63) is 46.0 Å². The van der Waals surface area contributed by atoms with Crippen molar-refractivity contribution in [1.82, 2.24) is 0 Å². The molecule has 1 heterocycles. The molecule has 0 amide bonds. The maximum absolute atomic E-state index is 12.4. The SMILES string of the molecule is C=C1C[C@@H]2COC(=O)[C@]2(Cc2ccc(C(=O)OC(C)(C)C)c(Br)c2)C1. The van der Waals surface area contributed by atoms with Crippen LogP contribution in [0.5, 0.6) is 0 Å². The van der Waals surface area contributed by atoms with Gasteiger partial charge in [-0.15, -0.1) is 0 Å². The average molecular weight is 407 g/mol. The van der Waals surface area contributed by atoms with Crippen LogP contribution in [-0.4, -0.2) is 24.1 Å². The summed E-state index contributed by atoms with van der Waals surface area (Å²) in [5.74, 6) is -0.281. The fraction of sp³-hybridized carbons (Fsp3) is 0.500. The Labute approximate surface area is 156 Å². The van der Waals surface area contributed by atoms with Crippen molar-refractivity contribution in [2.45, 2.75) is 45.6 Å². The van der Waals surface area contributed by atoms with Crippen LogP contribution in [0.25, 0.3) is 0 Å². The molecular formula is C20H23BrO4. The Kier molecular flexibility index (Phi) is 4.56. The van der Waals surface area contributed by atoms with Gasteiger partial charge >= 0.3 is 11.9 Å². The number of cyclic esters (lactones) is 1. The predicted octanol–water partition coefficient (Wildman–Crippen LogP) is 4.46. The molecule has 1 aliphatic carbocycles. The summed E-state index contributed by atoms with van der Waals surface area (Å²) in [7, 11) is 0. The molecule has 2 atom stereocenters. The molecule has 0 aromatic heterocycles. The van der Waals surface area contributed by atoms with Gasteiger partial charge in [-0.3, -0.25) is 4.79 Å². The topological polar surface area (TPSA) is 52.6 Å². The Morgan fingerprint density at radius 2 is 2.16 bits per heavy atom. The van der Waals surface area contributed by atoms with Crippen LogP contribution < -0.4 is 0 Å². The van der Waals surface area contributed by atoms with Crippen LogP contribution in [0.1, 0.15) is 49.5 Å². The number of hydrogen-bond acceptors (Lipinski definition) is 4. The molecule has 1 aromatic rings. The van der Waals surface area contributed by atoms with Gasteiger partial charge in [0, 0.05) is 10.4 Å². The van der Waals surface area contributed by atoms with E-state index in [-0.39, 0.29) is 17.9 Å². The van der Waals surface area contributed by atoms with E-state index in [9.17, 15) is 9.59 Å². The number of ether oxygens (including phenoxy) is 2. The summed E-state index contributed by atoms with van der Waals surface area (Å²) in [5, 5.41) is 0. The molecule has 25 heavy (non-hydrogen) atoms. The summed E-state index contributed by atoms with van der Waals surface area (Å²) in [6.07, 6.45) is 2.13. The minimum Gasteiger partial charge on any atom is -0.465 e. The van der Waals surface area contributed by atoms with E-state index in [4.69, 9.17) is 9.47 Å². The molecule has 0 radical (unpaired) electrons. The molecule has 3 rings (SSSR count). The van der Waals surface area contributed by atoms with Gasteiger partial charge in [-0.05, 0) is 73.7 Å². The van der Waals surface area contributed by atoms with E-state index in [0.717, 1.165) is 17.6 Å². The number of fused-ring (bicyclic) bond motifs is 1. The highest BCUT2D eigenvalue weighted by atomic mass is 79.9. The number of carbonyl (C=O) groups excluding carboxylic acids is 2. The zero-order chi connectivity index (χ0) is 18.4. The summed E-state index contributed by atoms with van der Waals surface area (Å²) in [6.45, 7) is 10.1. The Balaban J connectivity index is 1.83. The first-order valence-corrected chi connectivity index (χ1v) is 9.26. The van der Waals surface area contributed by atoms with Gasteiger partial charge < -0.3 is 9.47 Å². The number of halogens is 1. The molecular weight excluding hydrogens is 384 g/mol. The van der Waals surface area contributed by atoms with Crippen molar-refractivity contribution in [1.29, 1.82) is 0 Å². The Morgan fingerprint density at radius 3 is 2.80 bits per heavy atom. The molecule has 2 fully saturated rings. The third kappa shape index (κ3) is 3.52. The molecule has 4 nitrogen and oxygen atoms in total. The molecule has 5 heteroatoms. The Hall–Kier alpha value is -1.62. The van der Waals surface area contributed by atoms with Crippen LogP contribution in [0, 0.1) is 11.3 Å². The number of rotatable bonds is 3. The van der Waals surface area contributed by atoms with Gasteiger partial charge in [0.05, 0.1) is 17.6 Å². The van der Waals surface area contributed by atoms with Crippen LogP contribution in [-0.2, 0) is 20.7 Å². The summed E-state index contributed by atoms with van der Waals surface area (Å²) in [4.78, 5) is 24.7. The number of benzene rings is 1. The minimum absolute atomic E-state index is 0.122. The standard InChI is InChI=1S/C20H23BrO4/c1-12-7-14-11-24-18(23)20(14,9-12)10-13-5-6-15(16(21)8-13)17(22)25-19(2,3)4/h5-6,8,14H,1,7,9-11H2,2-4H3/t14-,20+/m1/s1. The minimum atomic E-state index is -0.542. The molecule has 1 aromatic carbocycles. The first-order chi connectivity index (χ1) is 11.6. The van der Waals surface area contributed by atoms with E-state index in [1.807, 2.05) is 32.9 Å². The highest BCUT2D eigenvalue weighted by molar-refractivity contribution is 9.10. The number of allylic oxidation sites excluding steroid dienone is 1. The van der Waals surface area contributed by atoms with Crippen LogP contribution in [0.15, 0.2) is 34.8 Å². The molecule has 0 spiro atoms. The molecule has 1 aliphatic heterocycles. The molecule has 2 aliphatic rings. The lowest BCUT2D eigenvalue weighted by Crippen LogP contribution is -2.31. The third-order valence-electron chi connectivity index (χ3n) is 4.88.